The first-order chi connectivity index (χ1) is 6.27. The third kappa shape index (κ3) is 3.10. The lowest BCUT2D eigenvalue weighted by atomic mass is 10.1. The molecule has 0 saturated carbocycles. The molecule has 0 aliphatic carbocycles. The molecule has 0 aromatic rings. The smallest absolute Gasteiger partial charge is 0.0446 e. The summed E-state index contributed by atoms with van der Waals surface area (Å²) < 4.78 is 0. The number of aliphatic hydroxyl groups excluding tert-OH is 1. The Morgan fingerprint density at radius 2 is 2.31 bits per heavy atom. The lowest BCUT2D eigenvalue weighted by Gasteiger charge is -2.38. The fourth-order valence-electron chi connectivity index (χ4n) is 1.82. The van der Waals surface area contributed by atoms with Crippen LogP contribution in [0.3, 0.4) is 0 Å². The minimum atomic E-state index is 0.289. The molecule has 1 aliphatic rings. The summed E-state index contributed by atoms with van der Waals surface area (Å²) in [5.41, 5.74) is 0. The highest BCUT2D eigenvalue weighted by atomic mass is 16.3. The number of aliphatic hydroxyl groups is 1. The van der Waals surface area contributed by atoms with E-state index in [-0.39, 0.29) is 6.61 Å². The van der Waals surface area contributed by atoms with Crippen LogP contribution in [0.2, 0.25) is 0 Å². The van der Waals surface area contributed by atoms with E-state index in [0.29, 0.717) is 6.04 Å². The third-order valence-corrected chi connectivity index (χ3v) is 2.71. The van der Waals surface area contributed by atoms with Crippen LogP contribution in [0.4, 0.5) is 0 Å². The van der Waals surface area contributed by atoms with Gasteiger partial charge in [0.2, 0.25) is 0 Å². The first kappa shape index (κ1) is 10.7. The molecule has 1 rings (SSSR count). The van der Waals surface area contributed by atoms with Crippen molar-refractivity contribution >= 4 is 0 Å². The fraction of sp³-hybridized carbons (Fsp3) is 0.800. The van der Waals surface area contributed by atoms with E-state index in [1.807, 2.05) is 6.08 Å². The van der Waals surface area contributed by atoms with Crippen molar-refractivity contribution in [3.63, 3.8) is 0 Å². The van der Waals surface area contributed by atoms with Gasteiger partial charge >= 0.3 is 0 Å². The molecule has 0 amide bonds. The maximum absolute atomic E-state index is 8.89. The van der Waals surface area contributed by atoms with Gasteiger partial charge in [0, 0.05) is 38.8 Å². The third-order valence-electron chi connectivity index (χ3n) is 2.71. The van der Waals surface area contributed by atoms with Crippen LogP contribution in [0, 0.1) is 0 Å². The van der Waals surface area contributed by atoms with Gasteiger partial charge in [-0.25, -0.2) is 0 Å². The summed E-state index contributed by atoms with van der Waals surface area (Å²) in [6, 6.07) is 0.513. The van der Waals surface area contributed by atoms with Crippen LogP contribution in [0.15, 0.2) is 12.7 Å². The van der Waals surface area contributed by atoms with Crippen LogP contribution in [0.25, 0.3) is 0 Å². The van der Waals surface area contributed by atoms with Gasteiger partial charge in [0.1, 0.15) is 0 Å². The summed E-state index contributed by atoms with van der Waals surface area (Å²) in [6.45, 7) is 8.27. The average molecular weight is 184 g/mol. The summed E-state index contributed by atoms with van der Waals surface area (Å²) in [5, 5.41) is 8.89. The number of hydrogen-bond acceptors (Lipinski definition) is 3. The van der Waals surface area contributed by atoms with Crippen LogP contribution in [0.1, 0.15) is 6.42 Å². The van der Waals surface area contributed by atoms with Gasteiger partial charge in [-0.15, -0.1) is 6.58 Å². The zero-order chi connectivity index (χ0) is 9.68. The van der Waals surface area contributed by atoms with Crippen molar-refractivity contribution in [3.8, 4) is 0 Å². The van der Waals surface area contributed by atoms with Crippen LogP contribution in [-0.2, 0) is 0 Å². The van der Waals surface area contributed by atoms with Crippen molar-refractivity contribution in [3.05, 3.63) is 12.7 Å². The highest BCUT2D eigenvalue weighted by Crippen LogP contribution is 2.10. The van der Waals surface area contributed by atoms with E-state index in [2.05, 4.69) is 23.4 Å². The SMILES string of the molecule is C=CCN1CCN(C)C(CCO)C1. The van der Waals surface area contributed by atoms with E-state index in [1.54, 1.807) is 0 Å². The minimum Gasteiger partial charge on any atom is -0.396 e. The second kappa shape index (κ2) is 5.37. The second-order valence-corrected chi connectivity index (χ2v) is 3.69. The quantitative estimate of drug-likeness (QED) is 0.631. The molecule has 3 nitrogen and oxygen atoms in total. The van der Waals surface area contributed by atoms with Crippen molar-refractivity contribution in [2.75, 3.05) is 39.8 Å². The van der Waals surface area contributed by atoms with Crippen molar-refractivity contribution in [2.45, 2.75) is 12.5 Å². The van der Waals surface area contributed by atoms with Crippen molar-refractivity contribution in [2.24, 2.45) is 0 Å². The number of likely N-dealkylation sites (N-methyl/N-ethyl adjacent to an activating group) is 1. The number of hydrogen-bond donors (Lipinski definition) is 1. The maximum atomic E-state index is 8.89. The first-order valence-corrected chi connectivity index (χ1v) is 4.92. The standard InChI is InChI=1S/C10H20N2O/c1-3-5-12-7-6-11(2)10(9-12)4-8-13/h3,10,13H,1,4-9H2,2H3. The molecule has 1 saturated heterocycles. The van der Waals surface area contributed by atoms with Crippen LogP contribution in [-0.4, -0.2) is 60.8 Å². The van der Waals surface area contributed by atoms with E-state index >= 15 is 0 Å². The van der Waals surface area contributed by atoms with Gasteiger partial charge in [0.05, 0.1) is 0 Å². The number of nitrogens with zero attached hydrogens (tertiary/aromatic N) is 2. The summed E-state index contributed by atoms with van der Waals surface area (Å²) in [7, 11) is 2.13. The summed E-state index contributed by atoms with van der Waals surface area (Å²) >= 11 is 0. The molecule has 76 valence electrons. The monoisotopic (exact) mass is 184 g/mol. The largest absolute Gasteiger partial charge is 0.396 e. The second-order valence-electron chi connectivity index (χ2n) is 3.69. The maximum Gasteiger partial charge on any atom is 0.0446 e. The molecule has 1 N–H and O–H groups in total. The predicted octanol–water partition coefficient (Wildman–Crippen LogP) is 0.171. The molecule has 0 aromatic heterocycles. The Labute approximate surface area is 80.6 Å². The molecule has 3 heteroatoms. The van der Waals surface area contributed by atoms with Crippen molar-refractivity contribution < 1.29 is 5.11 Å². The molecule has 1 fully saturated rings. The minimum absolute atomic E-state index is 0.289. The Morgan fingerprint density at radius 1 is 1.54 bits per heavy atom. The lowest BCUT2D eigenvalue weighted by Crippen LogP contribution is -2.51. The van der Waals surface area contributed by atoms with Gasteiger partial charge in [-0.2, -0.15) is 0 Å². The summed E-state index contributed by atoms with van der Waals surface area (Å²) in [6.07, 6.45) is 2.82. The van der Waals surface area contributed by atoms with E-state index in [1.165, 1.54) is 0 Å². The Balaban J connectivity index is 2.37. The van der Waals surface area contributed by atoms with Crippen LogP contribution >= 0.6 is 0 Å². The lowest BCUT2D eigenvalue weighted by molar-refractivity contribution is 0.0857. The summed E-state index contributed by atoms with van der Waals surface area (Å²) in [4.78, 5) is 4.71. The van der Waals surface area contributed by atoms with Crippen molar-refractivity contribution in [1.29, 1.82) is 0 Å². The van der Waals surface area contributed by atoms with Gasteiger partial charge in [-0.3, -0.25) is 4.90 Å². The van der Waals surface area contributed by atoms with E-state index in [4.69, 9.17) is 5.11 Å². The Hall–Kier alpha value is -0.380. The van der Waals surface area contributed by atoms with Gasteiger partial charge in [0.25, 0.3) is 0 Å². The Morgan fingerprint density at radius 3 is 2.92 bits per heavy atom. The van der Waals surface area contributed by atoms with Crippen molar-refractivity contribution in [1.82, 2.24) is 9.80 Å². The molecule has 1 heterocycles. The molecule has 0 bridgehead atoms. The van der Waals surface area contributed by atoms with Gasteiger partial charge in [0.15, 0.2) is 0 Å². The van der Waals surface area contributed by atoms with Crippen LogP contribution < -0.4 is 0 Å². The summed E-state index contributed by atoms with van der Waals surface area (Å²) in [5.74, 6) is 0. The molecule has 0 radical (unpaired) electrons. The molecule has 13 heavy (non-hydrogen) atoms. The molecule has 1 atom stereocenters. The van der Waals surface area contributed by atoms with Crippen LogP contribution in [0.5, 0.6) is 0 Å². The Bertz CT molecular complexity index is 161. The first-order valence-electron chi connectivity index (χ1n) is 4.92. The fourth-order valence-corrected chi connectivity index (χ4v) is 1.82. The van der Waals surface area contributed by atoms with E-state index in [9.17, 15) is 0 Å². The van der Waals surface area contributed by atoms with Gasteiger partial charge in [-0.05, 0) is 13.5 Å². The zero-order valence-corrected chi connectivity index (χ0v) is 8.45. The molecule has 1 aliphatic heterocycles. The zero-order valence-electron chi connectivity index (χ0n) is 8.45. The molecule has 0 spiro atoms. The predicted molar refractivity (Wildman–Crippen MR) is 54.8 cm³/mol. The molecular weight excluding hydrogens is 164 g/mol. The molecular formula is C10H20N2O. The molecule has 0 aromatic carbocycles. The highest BCUT2D eigenvalue weighted by Gasteiger charge is 2.22. The number of rotatable bonds is 4. The Kier molecular flexibility index (Phi) is 4.42. The van der Waals surface area contributed by atoms with E-state index in [0.717, 1.165) is 32.6 Å². The van der Waals surface area contributed by atoms with Gasteiger partial charge in [-0.1, -0.05) is 6.08 Å². The topological polar surface area (TPSA) is 26.7 Å². The highest BCUT2D eigenvalue weighted by molar-refractivity contribution is 4.83. The van der Waals surface area contributed by atoms with Gasteiger partial charge < -0.3 is 10.0 Å². The number of piperazine rings is 1. The normalized spacial score (nSPS) is 26.2. The molecule has 1 unspecified atom stereocenters. The average Bonchev–Trinajstić information content (AvgIpc) is 2.12. The van der Waals surface area contributed by atoms with E-state index < -0.39 is 0 Å².